The highest BCUT2D eigenvalue weighted by Crippen LogP contribution is 2.17. The van der Waals surface area contributed by atoms with Gasteiger partial charge in [-0.2, -0.15) is 0 Å². The van der Waals surface area contributed by atoms with Crippen molar-refractivity contribution in [3.8, 4) is 0 Å². The quantitative estimate of drug-likeness (QED) is 0.0261. The first-order valence-corrected chi connectivity index (χ1v) is 32.2. The summed E-state index contributed by atoms with van der Waals surface area (Å²) < 4.78 is 16.8. The first-order chi connectivity index (χ1) is 37.5. The SMILES string of the molecule is CC/C=C\C/C=C\C/C=C\C/C=C\CCC(=O)OCC(COC(=O)CCCCCCCCCCCCCCCCCCCCC/C=C\C/C=C\CCCCCCC)OC(=O)CCCCCCC/C=C\C/C=C\CCCC. The molecule has 0 bridgehead atoms. The number of allylic oxidation sites excluding steroid dienone is 16. The summed E-state index contributed by atoms with van der Waals surface area (Å²) in [4.78, 5) is 38.2. The van der Waals surface area contributed by atoms with Crippen molar-refractivity contribution in [2.24, 2.45) is 0 Å². The van der Waals surface area contributed by atoms with E-state index in [1.807, 2.05) is 6.08 Å². The minimum absolute atomic E-state index is 0.104. The molecule has 1 atom stereocenters. The molecule has 6 nitrogen and oxygen atoms in total. The van der Waals surface area contributed by atoms with Crippen molar-refractivity contribution in [2.75, 3.05) is 13.2 Å². The molecule has 6 heteroatoms. The molecule has 0 aromatic carbocycles. The Kier molecular flexibility index (Phi) is 60.8. The molecule has 0 heterocycles. The predicted molar refractivity (Wildman–Crippen MR) is 330 cm³/mol. The zero-order valence-electron chi connectivity index (χ0n) is 50.0. The van der Waals surface area contributed by atoms with E-state index in [1.54, 1.807) is 0 Å². The van der Waals surface area contributed by atoms with Crippen LogP contribution in [0.3, 0.4) is 0 Å². The number of carbonyl (C=O) groups is 3. The van der Waals surface area contributed by atoms with Crippen molar-refractivity contribution in [1.29, 1.82) is 0 Å². The van der Waals surface area contributed by atoms with Gasteiger partial charge in [-0.25, -0.2) is 0 Å². The van der Waals surface area contributed by atoms with Crippen LogP contribution in [-0.2, 0) is 28.6 Å². The predicted octanol–water partition coefficient (Wildman–Crippen LogP) is 22.0. The molecule has 0 saturated carbocycles. The first kappa shape index (κ1) is 72.3. The van der Waals surface area contributed by atoms with E-state index >= 15 is 0 Å². The van der Waals surface area contributed by atoms with Gasteiger partial charge < -0.3 is 14.2 Å². The van der Waals surface area contributed by atoms with Crippen LogP contribution in [0.4, 0.5) is 0 Å². The van der Waals surface area contributed by atoms with Gasteiger partial charge in [0.05, 0.1) is 0 Å². The second-order valence-electron chi connectivity index (χ2n) is 21.3. The van der Waals surface area contributed by atoms with E-state index in [0.717, 1.165) is 96.3 Å². The largest absolute Gasteiger partial charge is 0.462 e. The number of hydrogen-bond acceptors (Lipinski definition) is 6. The molecule has 0 aromatic heterocycles. The number of esters is 3. The van der Waals surface area contributed by atoms with E-state index in [0.29, 0.717) is 19.3 Å². The van der Waals surface area contributed by atoms with Crippen LogP contribution in [0.5, 0.6) is 0 Å². The van der Waals surface area contributed by atoms with Gasteiger partial charge in [-0.15, -0.1) is 0 Å². The fourth-order valence-electron chi connectivity index (χ4n) is 8.98. The molecule has 1 unspecified atom stereocenters. The average molecular weight is 1060 g/mol. The normalized spacial score (nSPS) is 12.7. The Bertz CT molecular complexity index is 1490. The highest BCUT2D eigenvalue weighted by molar-refractivity contribution is 5.71. The molecular weight excluding hydrogens is 937 g/mol. The van der Waals surface area contributed by atoms with E-state index in [4.69, 9.17) is 14.2 Å². The van der Waals surface area contributed by atoms with Crippen molar-refractivity contribution >= 4 is 17.9 Å². The molecule has 0 spiro atoms. The van der Waals surface area contributed by atoms with Crippen LogP contribution in [0.2, 0.25) is 0 Å². The summed E-state index contributed by atoms with van der Waals surface area (Å²) >= 11 is 0. The van der Waals surface area contributed by atoms with Crippen LogP contribution in [-0.4, -0.2) is 37.2 Å². The van der Waals surface area contributed by atoms with Crippen LogP contribution in [0.15, 0.2) is 97.2 Å². The lowest BCUT2D eigenvalue weighted by atomic mass is 10.0. The van der Waals surface area contributed by atoms with E-state index in [2.05, 4.69) is 112 Å². The molecule has 0 aliphatic carbocycles. The fraction of sp³-hybridized carbons (Fsp3) is 0.729. The molecule has 0 saturated heterocycles. The smallest absolute Gasteiger partial charge is 0.306 e. The van der Waals surface area contributed by atoms with Crippen molar-refractivity contribution in [3.63, 3.8) is 0 Å². The second-order valence-corrected chi connectivity index (χ2v) is 21.3. The molecular formula is C70H120O6. The van der Waals surface area contributed by atoms with Crippen molar-refractivity contribution in [2.45, 2.75) is 316 Å². The topological polar surface area (TPSA) is 78.9 Å². The van der Waals surface area contributed by atoms with Crippen LogP contribution in [0.1, 0.15) is 310 Å². The average Bonchev–Trinajstić information content (AvgIpc) is 3.42. The van der Waals surface area contributed by atoms with Gasteiger partial charge in [0.25, 0.3) is 0 Å². The van der Waals surface area contributed by atoms with Crippen molar-refractivity contribution < 1.29 is 28.6 Å². The molecule has 0 aliphatic heterocycles. The maximum absolute atomic E-state index is 12.8. The maximum atomic E-state index is 12.8. The van der Waals surface area contributed by atoms with E-state index in [1.165, 1.54) is 167 Å². The summed E-state index contributed by atoms with van der Waals surface area (Å²) in [7, 11) is 0. The van der Waals surface area contributed by atoms with Gasteiger partial charge in [0.15, 0.2) is 6.10 Å². The molecule has 0 rings (SSSR count). The maximum Gasteiger partial charge on any atom is 0.306 e. The summed E-state index contributed by atoms with van der Waals surface area (Å²) in [5.74, 6) is -0.996. The Labute approximate surface area is 470 Å². The van der Waals surface area contributed by atoms with E-state index < -0.39 is 6.10 Å². The molecule has 0 radical (unpaired) electrons. The van der Waals surface area contributed by atoms with Gasteiger partial charge in [0.1, 0.15) is 13.2 Å². The van der Waals surface area contributed by atoms with Crippen LogP contribution < -0.4 is 0 Å². The number of ether oxygens (including phenoxy) is 3. The van der Waals surface area contributed by atoms with Gasteiger partial charge in [-0.1, -0.05) is 285 Å². The van der Waals surface area contributed by atoms with Gasteiger partial charge >= 0.3 is 17.9 Å². The van der Waals surface area contributed by atoms with Gasteiger partial charge in [0.2, 0.25) is 0 Å². The third kappa shape index (κ3) is 61.2. The summed E-state index contributed by atoms with van der Waals surface area (Å²) in [5.41, 5.74) is 0. The van der Waals surface area contributed by atoms with Crippen LogP contribution in [0, 0.1) is 0 Å². The van der Waals surface area contributed by atoms with Gasteiger partial charge in [-0.05, 0) is 103 Å². The minimum Gasteiger partial charge on any atom is -0.462 e. The van der Waals surface area contributed by atoms with E-state index in [9.17, 15) is 14.4 Å². The molecule has 76 heavy (non-hydrogen) atoms. The molecule has 0 N–H and O–H groups in total. The lowest BCUT2D eigenvalue weighted by molar-refractivity contribution is -0.166. The third-order valence-corrected chi connectivity index (χ3v) is 13.8. The Balaban J connectivity index is 4.19. The lowest BCUT2D eigenvalue weighted by Gasteiger charge is -2.18. The Morgan fingerprint density at radius 2 is 0.553 bits per heavy atom. The summed E-state index contributed by atoms with van der Waals surface area (Å²) in [6.45, 7) is 6.42. The Morgan fingerprint density at radius 3 is 0.921 bits per heavy atom. The first-order valence-electron chi connectivity index (χ1n) is 32.2. The standard InChI is InChI=1S/C70H120O6/c1-4-7-10-13-16-19-22-25-27-28-29-30-31-32-33-34-35-36-37-38-39-40-41-42-43-46-48-51-54-57-60-63-69(72)75-66-67(65-74-68(71)62-59-56-53-50-47-44-24-21-18-15-12-9-6-3)76-70(73)64-61-58-55-52-49-45-26-23-20-17-14-11-8-5-2/h9,12,14,17-18,21-23,25-26,28-29,44,47,53,56,67H,4-8,10-11,13,15-16,19-20,24,27,30-43,45-46,48-52,54-55,57-66H2,1-3H3/b12-9-,17-14-,21-18-,25-22-,26-23-,29-28-,47-44-,56-53-. The fourth-order valence-corrected chi connectivity index (χ4v) is 8.98. The van der Waals surface area contributed by atoms with Crippen LogP contribution in [0.25, 0.3) is 0 Å². The lowest BCUT2D eigenvalue weighted by Crippen LogP contribution is -2.30. The van der Waals surface area contributed by atoms with Crippen molar-refractivity contribution in [1.82, 2.24) is 0 Å². The monoisotopic (exact) mass is 1060 g/mol. The molecule has 0 fully saturated rings. The summed E-state index contributed by atoms with van der Waals surface area (Å²) in [6, 6.07) is 0. The zero-order valence-corrected chi connectivity index (χ0v) is 50.0. The van der Waals surface area contributed by atoms with E-state index in [-0.39, 0.29) is 37.5 Å². The summed E-state index contributed by atoms with van der Waals surface area (Å²) in [5, 5.41) is 0. The minimum atomic E-state index is -0.813. The number of carbonyl (C=O) groups excluding carboxylic acids is 3. The van der Waals surface area contributed by atoms with Gasteiger partial charge in [-0.3, -0.25) is 14.4 Å². The Hall–Kier alpha value is -3.67. The number of unbranched alkanes of at least 4 members (excludes halogenated alkanes) is 31. The zero-order chi connectivity index (χ0) is 55.0. The van der Waals surface area contributed by atoms with Crippen LogP contribution >= 0.6 is 0 Å². The second kappa shape index (κ2) is 63.9. The third-order valence-electron chi connectivity index (χ3n) is 13.8. The summed E-state index contributed by atoms with van der Waals surface area (Å²) in [6.07, 6.45) is 86.0. The number of rotatable bonds is 58. The molecule has 436 valence electrons. The van der Waals surface area contributed by atoms with Crippen molar-refractivity contribution in [3.05, 3.63) is 97.2 Å². The highest BCUT2D eigenvalue weighted by Gasteiger charge is 2.19. The van der Waals surface area contributed by atoms with Gasteiger partial charge in [0, 0.05) is 19.3 Å². The Morgan fingerprint density at radius 1 is 0.276 bits per heavy atom. The highest BCUT2D eigenvalue weighted by atomic mass is 16.6. The number of hydrogen-bond donors (Lipinski definition) is 0. The molecule has 0 aliphatic rings. The molecule has 0 aromatic rings. The molecule has 0 amide bonds.